The van der Waals surface area contributed by atoms with Crippen LogP contribution in [0.2, 0.25) is 0 Å². The van der Waals surface area contributed by atoms with Crippen LogP contribution in [-0.2, 0) is 4.74 Å². The van der Waals surface area contributed by atoms with Crippen molar-refractivity contribution in [2.75, 3.05) is 0 Å². The quantitative estimate of drug-likeness (QED) is 0.864. The Morgan fingerprint density at radius 2 is 1.82 bits per heavy atom. The summed E-state index contributed by atoms with van der Waals surface area (Å²) in [7, 11) is 0. The summed E-state index contributed by atoms with van der Waals surface area (Å²) < 4.78 is 5.76. The first-order valence-corrected chi connectivity index (χ1v) is 7.80. The number of esters is 1. The molecular formula is C18H22O4. The van der Waals surface area contributed by atoms with Gasteiger partial charge in [-0.25, -0.2) is 9.59 Å². The van der Waals surface area contributed by atoms with Crippen molar-refractivity contribution in [2.24, 2.45) is 16.7 Å². The van der Waals surface area contributed by atoms with Crippen LogP contribution in [0, 0.1) is 16.7 Å². The molecule has 2 aliphatic rings. The predicted molar refractivity (Wildman–Crippen MR) is 81.8 cm³/mol. The molecule has 0 aliphatic heterocycles. The zero-order chi connectivity index (χ0) is 16.1. The highest BCUT2D eigenvalue weighted by atomic mass is 16.5. The Kier molecular flexibility index (Phi) is 3.31. The SMILES string of the molecule is CC1(C)[C@H]2CC[C@]1(C)[C@@H](OC(=O)c1ccccc1C(=O)O)C2. The molecule has 0 spiro atoms. The van der Waals surface area contributed by atoms with Crippen molar-refractivity contribution in [3.8, 4) is 0 Å². The van der Waals surface area contributed by atoms with E-state index >= 15 is 0 Å². The summed E-state index contributed by atoms with van der Waals surface area (Å²) in [4.78, 5) is 23.7. The second-order valence-corrected chi connectivity index (χ2v) is 7.36. The van der Waals surface area contributed by atoms with E-state index in [1.807, 2.05) is 0 Å². The number of carboxylic acids is 1. The highest BCUT2D eigenvalue weighted by molar-refractivity contribution is 6.02. The zero-order valence-electron chi connectivity index (χ0n) is 13.3. The molecule has 2 aliphatic carbocycles. The van der Waals surface area contributed by atoms with Crippen LogP contribution in [-0.4, -0.2) is 23.1 Å². The molecule has 1 N–H and O–H groups in total. The number of rotatable bonds is 3. The molecule has 0 saturated heterocycles. The van der Waals surface area contributed by atoms with Gasteiger partial charge in [0.05, 0.1) is 11.1 Å². The average Bonchev–Trinajstić information content (AvgIpc) is 2.80. The minimum Gasteiger partial charge on any atom is -0.478 e. The van der Waals surface area contributed by atoms with Gasteiger partial charge < -0.3 is 9.84 Å². The van der Waals surface area contributed by atoms with Crippen LogP contribution >= 0.6 is 0 Å². The summed E-state index contributed by atoms with van der Waals surface area (Å²) in [6.07, 6.45) is 2.99. The lowest BCUT2D eigenvalue weighted by Gasteiger charge is -2.38. The van der Waals surface area contributed by atoms with Gasteiger partial charge >= 0.3 is 11.9 Å². The molecule has 22 heavy (non-hydrogen) atoms. The summed E-state index contributed by atoms with van der Waals surface area (Å²) in [6.45, 7) is 6.70. The van der Waals surface area contributed by atoms with Crippen molar-refractivity contribution in [3.63, 3.8) is 0 Å². The Morgan fingerprint density at radius 1 is 1.18 bits per heavy atom. The summed E-state index contributed by atoms with van der Waals surface area (Å²) in [5, 5.41) is 9.21. The normalized spacial score (nSPS) is 32.0. The van der Waals surface area contributed by atoms with Crippen molar-refractivity contribution >= 4 is 11.9 Å². The van der Waals surface area contributed by atoms with Gasteiger partial charge in [0.15, 0.2) is 0 Å². The number of carbonyl (C=O) groups excluding carboxylic acids is 1. The van der Waals surface area contributed by atoms with Gasteiger partial charge in [-0.05, 0) is 42.7 Å². The average molecular weight is 302 g/mol. The summed E-state index contributed by atoms with van der Waals surface area (Å²) in [5.74, 6) is -1.05. The molecule has 2 bridgehead atoms. The van der Waals surface area contributed by atoms with E-state index in [1.54, 1.807) is 12.1 Å². The van der Waals surface area contributed by atoms with Crippen LogP contribution < -0.4 is 0 Å². The summed E-state index contributed by atoms with van der Waals surface area (Å²) in [5.41, 5.74) is 0.273. The van der Waals surface area contributed by atoms with Gasteiger partial charge in [-0.2, -0.15) is 0 Å². The van der Waals surface area contributed by atoms with E-state index in [0.29, 0.717) is 5.92 Å². The molecule has 1 aromatic carbocycles. The molecule has 2 fully saturated rings. The minimum atomic E-state index is -1.10. The van der Waals surface area contributed by atoms with Gasteiger partial charge in [-0.1, -0.05) is 32.9 Å². The number of hydrogen-bond acceptors (Lipinski definition) is 3. The smallest absolute Gasteiger partial charge is 0.339 e. The molecule has 118 valence electrons. The van der Waals surface area contributed by atoms with Gasteiger partial charge in [0.25, 0.3) is 0 Å². The van der Waals surface area contributed by atoms with Crippen molar-refractivity contribution in [3.05, 3.63) is 35.4 Å². The van der Waals surface area contributed by atoms with Crippen LogP contribution in [0.25, 0.3) is 0 Å². The van der Waals surface area contributed by atoms with E-state index in [0.717, 1.165) is 12.8 Å². The first kappa shape index (κ1) is 15.1. The van der Waals surface area contributed by atoms with Crippen LogP contribution in [0.1, 0.15) is 60.7 Å². The molecule has 0 unspecified atom stereocenters. The van der Waals surface area contributed by atoms with Crippen molar-refractivity contribution in [2.45, 2.75) is 46.1 Å². The summed E-state index contributed by atoms with van der Waals surface area (Å²) >= 11 is 0. The van der Waals surface area contributed by atoms with Crippen LogP contribution in [0.15, 0.2) is 24.3 Å². The minimum absolute atomic E-state index is 0.0000645. The second kappa shape index (κ2) is 4.83. The third-order valence-corrected chi connectivity index (χ3v) is 6.34. The fraction of sp³-hybridized carbons (Fsp3) is 0.556. The Labute approximate surface area is 130 Å². The maximum atomic E-state index is 12.5. The third-order valence-electron chi connectivity index (χ3n) is 6.34. The number of benzene rings is 1. The Bertz CT molecular complexity index is 634. The molecular weight excluding hydrogens is 280 g/mol. The molecule has 3 atom stereocenters. The van der Waals surface area contributed by atoms with Gasteiger partial charge in [-0.3, -0.25) is 0 Å². The fourth-order valence-corrected chi connectivity index (χ4v) is 4.35. The zero-order valence-corrected chi connectivity index (χ0v) is 13.3. The number of aromatic carboxylic acids is 1. The first-order chi connectivity index (χ1) is 10.3. The predicted octanol–water partition coefficient (Wildman–Crippen LogP) is 3.76. The fourth-order valence-electron chi connectivity index (χ4n) is 4.35. The van der Waals surface area contributed by atoms with E-state index in [2.05, 4.69) is 20.8 Å². The Morgan fingerprint density at radius 3 is 2.32 bits per heavy atom. The number of hydrogen-bond donors (Lipinski definition) is 1. The Balaban J connectivity index is 1.84. The number of ether oxygens (including phenoxy) is 1. The van der Waals surface area contributed by atoms with E-state index in [-0.39, 0.29) is 28.1 Å². The van der Waals surface area contributed by atoms with Gasteiger partial charge in [0.1, 0.15) is 6.10 Å². The highest BCUT2D eigenvalue weighted by Gasteiger charge is 2.62. The van der Waals surface area contributed by atoms with E-state index in [4.69, 9.17) is 4.74 Å². The van der Waals surface area contributed by atoms with E-state index in [1.165, 1.54) is 18.6 Å². The van der Waals surface area contributed by atoms with Gasteiger partial charge in [0.2, 0.25) is 0 Å². The lowest BCUT2D eigenvalue weighted by molar-refractivity contribution is -0.0244. The molecule has 0 amide bonds. The number of carboxylic acid groups (broad SMARTS) is 1. The van der Waals surface area contributed by atoms with Crippen LogP contribution in [0.5, 0.6) is 0 Å². The van der Waals surface area contributed by atoms with E-state index in [9.17, 15) is 14.7 Å². The van der Waals surface area contributed by atoms with Crippen LogP contribution in [0.3, 0.4) is 0 Å². The van der Waals surface area contributed by atoms with Crippen LogP contribution in [0.4, 0.5) is 0 Å². The maximum Gasteiger partial charge on any atom is 0.339 e. The molecule has 0 aromatic heterocycles. The van der Waals surface area contributed by atoms with Crippen molar-refractivity contribution in [1.29, 1.82) is 0 Å². The van der Waals surface area contributed by atoms with Gasteiger partial charge in [-0.15, -0.1) is 0 Å². The molecule has 0 radical (unpaired) electrons. The number of fused-ring (bicyclic) bond motifs is 2. The van der Waals surface area contributed by atoms with Gasteiger partial charge in [0, 0.05) is 5.41 Å². The molecule has 1 aromatic rings. The van der Waals surface area contributed by atoms with E-state index < -0.39 is 11.9 Å². The molecule has 4 nitrogen and oxygen atoms in total. The third kappa shape index (κ3) is 1.97. The Hall–Kier alpha value is -1.84. The van der Waals surface area contributed by atoms with Crippen molar-refractivity contribution < 1.29 is 19.4 Å². The largest absolute Gasteiger partial charge is 0.478 e. The standard InChI is InChI=1S/C18H22O4/c1-17(2)11-8-9-18(17,3)14(10-11)22-16(21)13-7-5-4-6-12(13)15(19)20/h4-7,11,14H,8-10H2,1-3H3,(H,19,20)/t11-,14-,18+/m0/s1. The molecule has 0 heterocycles. The second-order valence-electron chi connectivity index (χ2n) is 7.36. The lowest BCUT2D eigenvalue weighted by Crippen LogP contribution is -2.38. The highest BCUT2D eigenvalue weighted by Crippen LogP contribution is 2.66. The number of carbonyl (C=O) groups is 2. The first-order valence-electron chi connectivity index (χ1n) is 7.80. The molecule has 3 rings (SSSR count). The monoisotopic (exact) mass is 302 g/mol. The molecule has 4 heteroatoms. The lowest BCUT2D eigenvalue weighted by atomic mass is 9.70. The maximum absolute atomic E-state index is 12.5. The van der Waals surface area contributed by atoms with Crippen molar-refractivity contribution in [1.82, 2.24) is 0 Å². The molecule has 2 saturated carbocycles. The summed E-state index contributed by atoms with van der Waals surface area (Å²) in [6, 6.07) is 6.23. The topological polar surface area (TPSA) is 63.6 Å².